The zero-order valence-corrected chi connectivity index (χ0v) is 12.4. The number of aryl methyl sites for hydroxylation is 1. The van der Waals surface area contributed by atoms with Gasteiger partial charge in [-0.2, -0.15) is 0 Å². The highest BCUT2D eigenvalue weighted by molar-refractivity contribution is 9.09. The van der Waals surface area contributed by atoms with Gasteiger partial charge in [0.1, 0.15) is 5.82 Å². The van der Waals surface area contributed by atoms with Gasteiger partial charge in [0.05, 0.1) is 5.54 Å². The molecule has 5 heteroatoms. The van der Waals surface area contributed by atoms with Crippen molar-refractivity contribution < 1.29 is 13.9 Å². The summed E-state index contributed by atoms with van der Waals surface area (Å²) in [5, 5.41) is 3.69. The summed E-state index contributed by atoms with van der Waals surface area (Å²) in [6.07, 6.45) is 1.52. The zero-order chi connectivity index (χ0) is 13.9. The molecule has 1 aromatic carbocycles. The van der Waals surface area contributed by atoms with Crippen LogP contribution in [0.2, 0.25) is 0 Å². The molecule has 1 aromatic rings. The molecule has 1 amide bonds. The van der Waals surface area contributed by atoms with E-state index in [0.717, 1.165) is 18.4 Å². The highest BCUT2D eigenvalue weighted by atomic mass is 79.9. The molecule has 0 aromatic heterocycles. The van der Waals surface area contributed by atoms with Gasteiger partial charge >= 0.3 is 0 Å². The van der Waals surface area contributed by atoms with Crippen LogP contribution in [-0.2, 0) is 4.74 Å². The number of alkyl halides is 1. The van der Waals surface area contributed by atoms with Crippen molar-refractivity contribution in [3.63, 3.8) is 0 Å². The monoisotopic (exact) mass is 329 g/mol. The van der Waals surface area contributed by atoms with E-state index in [0.29, 0.717) is 24.1 Å². The van der Waals surface area contributed by atoms with E-state index < -0.39 is 0 Å². The van der Waals surface area contributed by atoms with Crippen LogP contribution in [-0.4, -0.2) is 30.0 Å². The standard InChI is InChI=1S/C14H17BrFNO2/c1-10-6-11(8-12(16)7-10)13(18)17-14(9-15)2-4-19-5-3-14/h6-8H,2-5,9H2,1H3,(H,17,18). The lowest BCUT2D eigenvalue weighted by atomic mass is 9.92. The SMILES string of the molecule is Cc1cc(F)cc(C(=O)NC2(CBr)CCOCC2)c1. The first kappa shape index (κ1) is 14.5. The third-order valence-electron chi connectivity index (χ3n) is 3.39. The third kappa shape index (κ3) is 3.54. The van der Waals surface area contributed by atoms with Gasteiger partial charge in [0.2, 0.25) is 0 Å². The minimum absolute atomic E-state index is 0.232. The molecule has 3 nitrogen and oxygen atoms in total. The molecule has 1 heterocycles. The topological polar surface area (TPSA) is 38.3 Å². The second kappa shape index (κ2) is 6.01. The molecule has 0 unspecified atom stereocenters. The summed E-state index contributed by atoms with van der Waals surface area (Å²) in [6.45, 7) is 3.04. The minimum Gasteiger partial charge on any atom is -0.381 e. The Morgan fingerprint density at radius 2 is 2.11 bits per heavy atom. The van der Waals surface area contributed by atoms with Crippen molar-refractivity contribution in [1.82, 2.24) is 5.32 Å². The van der Waals surface area contributed by atoms with Gasteiger partial charge in [-0.15, -0.1) is 0 Å². The van der Waals surface area contributed by atoms with Crippen LogP contribution in [0.4, 0.5) is 4.39 Å². The number of hydrogen-bond acceptors (Lipinski definition) is 2. The van der Waals surface area contributed by atoms with E-state index in [2.05, 4.69) is 21.2 Å². The van der Waals surface area contributed by atoms with E-state index in [1.807, 2.05) is 0 Å². The number of carbonyl (C=O) groups is 1. The van der Waals surface area contributed by atoms with Gasteiger partial charge in [-0.3, -0.25) is 4.79 Å². The molecule has 0 atom stereocenters. The van der Waals surface area contributed by atoms with Crippen molar-refractivity contribution in [1.29, 1.82) is 0 Å². The molecule has 19 heavy (non-hydrogen) atoms. The van der Waals surface area contributed by atoms with Crippen molar-refractivity contribution in [3.8, 4) is 0 Å². The molecule has 0 saturated carbocycles. The average Bonchev–Trinajstić information content (AvgIpc) is 2.38. The first-order chi connectivity index (χ1) is 9.04. The molecule has 1 aliphatic heterocycles. The summed E-state index contributed by atoms with van der Waals surface area (Å²) in [6, 6.07) is 4.37. The molecule has 0 spiro atoms. The Balaban J connectivity index is 2.15. The van der Waals surface area contributed by atoms with Crippen LogP contribution in [0.15, 0.2) is 18.2 Å². The van der Waals surface area contributed by atoms with Crippen LogP contribution < -0.4 is 5.32 Å². The fourth-order valence-electron chi connectivity index (χ4n) is 2.23. The lowest BCUT2D eigenvalue weighted by Crippen LogP contribution is -2.53. The Bertz CT molecular complexity index is 452. The van der Waals surface area contributed by atoms with Crippen molar-refractivity contribution in [3.05, 3.63) is 35.1 Å². The quantitative estimate of drug-likeness (QED) is 0.866. The van der Waals surface area contributed by atoms with Gasteiger partial charge in [-0.25, -0.2) is 4.39 Å². The van der Waals surface area contributed by atoms with E-state index in [1.54, 1.807) is 13.0 Å². The highest BCUT2D eigenvalue weighted by Crippen LogP contribution is 2.23. The Morgan fingerprint density at radius 1 is 1.42 bits per heavy atom. The lowest BCUT2D eigenvalue weighted by Gasteiger charge is -2.36. The smallest absolute Gasteiger partial charge is 0.251 e. The van der Waals surface area contributed by atoms with Gasteiger partial charge in [0.25, 0.3) is 5.91 Å². The Hall–Kier alpha value is -0.940. The molecule has 1 saturated heterocycles. The minimum atomic E-state index is -0.384. The second-order valence-electron chi connectivity index (χ2n) is 5.00. The summed E-state index contributed by atoms with van der Waals surface area (Å²) in [4.78, 5) is 12.2. The summed E-state index contributed by atoms with van der Waals surface area (Å²) in [5.41, 5.74) is 0.810. The average molecular weight is 330 g/mol. The fourth-order valence-corrected chi connectivity index (χ4v) is 2.94. The molecule has 1 fully saturated rings. The first-order valence-corrected chi connectivity index (χ1v) is 7.40. The molecule has 1 N–H and O–H groups in total. The lowest BCUT2D eigenvalue weighted by molar-refractivity contribution is 0.0441. The van der Waals surface area contributed by atoms with Gasteiger partial charge in [0.15, 0.2) is 0 Å². The maximum absolute atomic E-state index is 13.3. The van der Waals surface area contributed by atoms with E-state index in [-0.39, 0.29) is 17.3 Å². The summed E-state index contributed by atoms with van der Waals surface area (Å²) in [5.74, 6) is -0.617. The molecular formula is C14H17BrFNO2. The van der Waals surface area contributed by atoms with E-state index >= 15 is 0 Å². The summed E-state index contributed by atoms with van der Waals surface area (Å²) in [7, 11) is 0. The van der Waals surface area contributed by atoms with Gasteiger partial charge in [-0.05, 0) is 43.5 Å². The first-order valence-electron chi connectivity index (χ1n) is 6.28. The fraction of sp³-hybridized carbons (Fsp3) is 0.500. The number of hydrogen-bond donors (Lipinski definition) is 1. The Morgan fingerprint density at radius 3 is 2.68 bits per heavy atom. The van der Waals surface area contributed by atoms with Crippen molar-refractivity contribution >= 4 is 21.8 Å². The maximum atomic E-state index is 13.3. The summed E-state index contributed by atoms with van der Waals surface area (Å²) >= 11 is 3.45. The Kier molecular flexibility index (Phi) is 4.58. The molecule has 0 bridgehead atoms. The van der Waals surface area contributed by atoms with Crippen molar-refractivity contribution in [2.24, 2.45) is 0 Å². The van der Waals surface area contributed by atoms with Crippen molar-refractivity contribution in [2.75, 3.05) is 18.5 Å². The normalized spacial score (nSPS) is 18.1. The Labute approximate surface area is 120 Å². The van der Waals surface area contributed by atoms with Crippen LogP contribution in [0, 0.1) is 12.7 Å². The van der Waals surface area contributed by atoms with Gasteiger partial charge in [0, 0.05) is 24.1 Å². The van der Waals surface area contributed by atoms with E-state index in [1.165, 1.54) is 12.1 Å². The maximum Gasteiger partial charge on any atom is 0.251 e. The van der Waals surface area contributed by atoms with Gasteiger partial charge in [-0.1, -0.05) is 15.9 Å². The van der Waals surface area contributed by atoms with Gasteiger partial charge < -0.3 is 10.1 Å². The number of nitrogens with one attached hydrogen (secondary N) is 1. The van der Waals surface area contributed by atoms with Crippen molar-refractivity contribution in [2.45, 2.75) is 25.3 Å². The van der Waals surface area contributed by atoms with Crippen LogP contribution in [0.1, 0.15) is 28.8 Å². The number of benzene rings is 1. The largest absolute Gasteiger partial charge is 0.381 e. The predicted octanol–water partition coefficient (Wildman–Crippen LogP) is 2.81. The van der Waals surface area contributed by atoms with Crippen LogP contribution in [0.3, 0.4) is 0 Å². The van der Waals surface area contributed by atoms with E-state index in [9.17, 15) is 9.18 Å². The molecule has 0 aliphatic carbocycles. The molecular weight excluding hydrogens is 313 g/mol. The van der Waals surface area contributed by atoms with Crippen LogP contribution >= 0.6 is 15.9 Å². The van der Waals surface area contributed by atoms with Crippen LogP contribution in [0.5, 0.6) is 0 Å². The predicted molar refractivity (Wildman–Crippen MR) is 75.2 cm³/mol. The third-order valence-corrected chi connectivity index (χ3v) is 4.46. The zero-order valence-electron chi connectivity index (χ0n) is 10.8. The molecule has 104 valence electrons. The molecule has 1 aliphatic rings. The number of rotatable bonds is 3. The second-order valence-corrected chi connectivity index (χ2v) is 5.56. The molecule has 0 radical (unpaired) electrons. The number of carbonyl (C=O) groups excluding carboxylic acids is 1. The highest BCUT2D eigenvalue weighted by Gasteiger charge is 2.33. The van der Waals surface area contributed by atoms with Crippen LogP contribution in [0.25, 0.3) is 0 Å². The number of ether oxygens (including phenoxy) is 1. The number of amides is 1. The number of halogens is 2. The summed E-state index contributed by atoms with van der Waals surface area (Å²) < 4.78 is 18.7. The van der Waals surface area contributed by atoms with E-state index in [4.69, 9.17) is 4.74 Å². The molecule has 2 rings (SSSR count).